The second kappa shape index (κ2) is 6.23. The minimum Gasteiger partial charge on any atom is -0.324 e. The van der Waals surface area contributed by atoms with Crippen molar-refractivity contribution in [2.75, 3.05) is 16.8 Å². The number of imide groups is 1. The zero-order valence-corrected chi connectivity index (χ0v) is 17.3. The van der Waals surface area contributed by atoms with Crippen molar-refractivity contribution in [2.45, 2.75) is 31.3 Å². The summed E-state index contributed by atoms with van der Waals surface area (Å²) in [6, 6.07) is 11.5. The van der Waals surface area contributed by atoms with Crippen LogP contribution in [-0.2, 0) is 19.9 Å². The molecular formula is C23H20N4O5. The number of fused-ring (bicyclic) bond motifs is 7. The minimum atomic E-state index is -1.24. The van der Waals surface area contributed by atoms with Gasteiger partial charge in [0.1, 0.15) is 5.54 Å². The number of hydrogen-bond donors (Lipinski definition) is 1. The average Bonchev–Trinajstić information content (AvgIpc) is 3.47. The largest absolute Gasteiger partial charge is 0.324 e. The lowest BCUT2D eigenvalue weighted by Gasteiger charge is -2.36. The van der Waals surface area contributed by atoms with Gasteiger partial charge < -0.3 is 5.32 Å². The molecule has 9 nitrogen and oxygen atoms in total. The van der Waals surface area contributed by atoms with Crippen LogP contribution < -0.4 is 10.2 Å². The summed E-state index contributed by atoms with van der Waals surface area (Å²) >= 11 is 0. The van der Waals surface area contributed by atoms with Crippen molar-refractivity contribution in [1.82, 2.24) is 4.90 Å². The molecule has 6 rings (SSSR count). The van der Waals surface area contributed by atoms with Crippen LogP contribution in [0.4, 0.5) is 17.1 Å². The Morgan fingerprint density at radius 2 is 1.91 bits per heavy atom. The predicted molar refractivity (Wildman–Crippen MR) is 114 cm³/mol. The van der Waals surface area contributed by atoms with Crippen molar-refractivity contribution in [2.24, 2.45) is 11.8 Å². The Balaban J connectivity index is 1.53. The maximum absolute atomic E-state index is 13.8. The van der Waals surface area contributed by atoms with Gasteiger partial charge >= 0.3 is 0 Å². The van der Waals surface area contributed by atoms with Gasteiger partial charge in [0.05, 0.1) is 22.4 Å². The highest BCUT2D eigenvalue weighted by Gasteiger charge is 2.74. The summed E-state index contributed by atoms with van der Waals surface area (Å²) in [6.07, 6.45) is 1.56. The van der Waals surface area contributed by atoms with Crippen LogP contribution in [0.5, 0.6) is 0 Å². The molecule has 0 radical (unpaired) electrons. The lowest BCUT2D eigenvalue weighted by atomic mass is 9.75. The highest BCUT2D eigenvalue weighted by atomic mass is 16.6. The monoisotopic (exact) mass is 432 g/mol. The second-order valence-corrected chi connectivity index (χ2v) is 8.91. The zero-order valence-electron chi connectivity index (χ0n) is 17.3. The van der Waals surface area contributed by atoms with Crippen LogP contribution in [0.25, 0.3) is 0 Å². The number of para-hydroxylation sites is 1. The average molecular weight is 432 g/mol. The molecule has 0 bridgehead atoms. The van der Waals surface area contributed by atoms with E-state index in [0.717, 1.165) is 23.3 Å². The Kier molecular flexibility index (Phi) is 3.72. The number of nitrogens with zero attached hydrogens (tertiary/aromatic N) is 3. The van der Waals surface area contributed by atoms with Crippen molar-refractivity contribution in [1.29, 1.82) is 0 Å². The number of nitro benzene ring substituents is 1. The molecule has 1 spiro atoms. The number of anilines is 2. The Morgan fingerprint density at radius 1 is 1.12 bits per heavy atom. The quantitative estimate of drug-likeness (QED) is 0.443. The Morgan fingerprint density at radius 3 is 2.69 bits per heavy atom. The first kappa shape index (κ1) is 19.1. The topological polar surface area (TPSA) is 113 Å². The molecule has 0 aromatic heterocycles. The number of benzene rings is 2. The maximum atomic E-state index is 13.8. The third kappa shape index (κ3) is 2.09. The summed E-state index contributed by atoms with van der Waals surface area (Å²) < 4.78 is 0. The fourth-order valence-electron chi connectivity index (χ4n) is 6.35. The Hall–Kier alpha value is -3.59. The Labute approximate surface area is 183 Å². The zero-order chi connectivity index (χ0) is 22.4. The molecule has 4 atom stereocenters. The first-order valence-corrected chi connectivity index (χ1v) is 10.7. The van der Waals surface area contributed by atoms with Gasteiger partial charge in [-0.1, -0.05) is 24.3 Å². The molecule has 162 valence electrons. The standard InChI is InChI=1S/C23H20N4O5/c1-12-8-9-13(11-17(12)27(31)32)26-20(28)18-16-7-4-10-25(16)23(19(18)21(26)29)14-5-2-3-6-15(14)24-22(23)30/h2-3,5-6,8-9,11,16,18-19H,4,7,10H2,1H3,(H,24,30)/t16-,18+,19+,23-/m1/s1. The van der Waals surface area contributed by atoms with Gasteiger partial charge in [0.2, 0.25) is 17.7 Å². The van der Waals surface area contributed by atoms with Crippen LogP contribution in [-0.4, -0.2) is 40.1 Å². The molecule has 0 saturated carbocycles. The summed E-state index contributed by atoms with van der Waals surface area (Å²) in [5.74, 6) is -2.67. The number of aryl methyl sites for hydroxylation is 1. The van der Waals surface area contributed by atoms with Crippen LogP contribution >= 0.6 is 0 Å². The molecule has 4 aliphatic heterocycles. The van der Waals surface area contributed by atoms with E-state index in [4.69, 9.17) is 0 Å². The molecule has 3 saturated heterocycles. The van der Waals surface area contributed by atoms with Gasteiger partial charge in [0.15, 0.2) is 0 Å². The molecule has 2 aromatic carbocycles. The normalized spacial score (nSPS) is 30.6. The van der Waals surface area contributed by atoms with Crippen molar-refractivity contribution in [3.63, 3.8) is 0 Å². The third-order valence-corrected chi connectivity index (χ3v) is 7.55. The van der Waals surface area contributed by atoms with Crippen molar-refractivity contribution >= 4 is 34.8 Å². The van der Waals surface area contributed by atoms with E-state index in [9.17, 15) is 24.5 Å². The number of hydrogen-bond acceptors (Lipinski definition) is 6. The molecule has 0 aliphatic carbocycles. The number of carbonyl (C=O) groups excluding carboxylic acids is 3. The van der Waals surface area contributed by atoms with Gasteiger partial charge in [-0.15, -0.1) is 0 Å². The van der Waals surface area contributed by atoms with E-state index in [2.05, 4.69) is 5.32 Å². The summed E-state index contributed by atoms with van der Waals surface area (Å²) in [5.41, 5.74) is 0.622. The molecule has 4 aliphatic rings. The van der Waals surface area contributed by atoms with Crippen molar-refractivity contribution < 1.29 is 19.3 Å². The highest BCUT2D eigenvalue weighted by Crippen LogP contribution is 2.60. The molecule has 3 amide bonds. The molecule has 2 aromatic rings. The number of nitro groups is 1. The van der Waals surface area contributed by atoms with E-state index in [1.54, 1.807) is 13.0 Å². The first-order chi connectivity index (χ1) is 15.4. The van der Waals surface area contributed by atoms with Gasteiger partial charge in [0.25, 0.3) is 5.69 Å². The van der Waals surface area contributed by atoms with Crippen LogP contribution in [0, 0.1) is 28.9 Å². The van der Waals surface area contributed by atoms with Gasteiger partial charge in [-0.2, -0.15) is 0 Å². The molecular weight excluding hydrogens is 412 g/mol. The van der Waals surface area contributed by atoms with E-state index >= 15 is 0 Å². The van der Waals surface area contributed by atoms with Gasteiger partial charge in [0, 0.05) is 28.9 Å². The molecule has 4 heterocycles. The SMILES string of the molecule is Cc1ccc(N2C(=O)[C@H]3[C@H]4CCCN4[C@@]4(C(=O)Nc5ccccc54)[C@@H]3C2=O)cc1[N+](=O)[O-]. The van der Waals surface area contributed by atoms with Crippen LogP contribution in [0.3, 0.4) is 0 Å². The number of nitrogens with one attached hydrogen (secondary N) is 1. The number of carbonyl (C=O) groups is 3. The van der Waals surface area contributed by atoms with E-state index in [1.165, 1.54) is 12.1 Å². The van der Waals surface area contributed by atoms with Gasteiger partial charge in [-0.05, 0) is 38.4 Å². The van der Waals surface area contributed by atoms with E-state index in [-0.39, 0.29) is 29.2 Å². The van der Waals surface area contributed by atoms with E-state index in [1.807, 2.05) is 29.2 Å². The first-order valence-electron chi connectivity index (χ1n) is 10.7. The lowest BCUT2D eigenvalue weighted by Crippen LogP contribution is -2.54. The number of amides is 3. The molecule has 3 fully saturated rings. The summed E-state index contributed by atoms with van der Waals surface area (Å²) in [7, 11) is 0. The molecule has 32 heavy (non-hydrogen) atoms. The van der Waals surface area contributed by atoms with Crippen molar-refractivity contribution in [3.05, 3.63) is 63.7 Å². The summed E-state index contributed by atoms with van der Waals surface area (Å²) in [5, 5.41) is 14.4. The highest BCUT2D eigenvalue weighted by molar-refractivity contribution is 6.26. The fraction of sp³-hybridized carbons (Fsp3) is 0.348. The van der Waals surface area contributed by atoms with E-state index in [0.29, 0.717) is 17.8 Å². The van der Waals surface area contributed by atoms with Crippen molar-refractivity contribution in [3.8, 4) is 0 Å². The lowest BCUT2D eigenvalue weighted by molar-refractivity contribution is -0.385. The van der Waals surface area contributed by atoms with Crippen LogP contribution in [0.15, 0.2) is 42.5 Å². The third-order valence-electron chi connectivity index (χ3n) is 7.55. The smallest absolute Gasteiger partial charge is 0.274 e. The second-order valence-electron chi connectivity index (χ2n) is 8.91. The van der Waals surface area contributed by atoms with Crippen LogP contribution in [0.1, 0.15) is 24.0 Å². The minimum absolute atomic E-state index is 0.152. The summed E-state index contributed by atoms with van der Waals surface area (Å²) in [6.45, 7) is 2.24. The van der Waals surface area contributed by atoms with Gasteiger partial charge in [-0.3, -0.25) is 29.4 Å². The van der Waals surface area contributed by atoms with Gasteiger partial charge in [-0.25, -0.2) is 4.90 Å². The van der Waals surface area contributed by atoms with E-state index < -0.39 is 28.2 Å². The number of rotatable bonds is 2. The molecule has 9 heteroatoms. The molecule has 1 N–H and O–H groups in total. The fourth-order valence-corrected chi connectivity index (χ4v) is 6.35. The molecule has 0 unspecified atom stereocenters. The predicted octanol–water partition coefficient (Wildman–Crippen LogP) is 2.33. The Bertz CT molecular complexity index is 1240. The maximum Gasteiger partial charge on any atom is 0.274 e. The summed E-state index contributed by atoms with van der Waals surface area (Å²) in [4.78, 5) is 55.0. The van der Waals surface area contributed by atoms with Crippen LogP contribution in [0.2, 0.25) is 0 Å².